The van der Waals surface area contributed by atoms with Gasteiger partial charge in [0.15, 0.2) is 0 Å². The second-order valence-corrected chi connectivity index (χ2v) is 11.8. The second kappa shape index (κ2) is 7.70. The minimum atomic E-state index is -0.0748. The molecule has 8 atom stereocenters. The van der Waals surface area contributed by atoms with Crippen molar-refractivity contribution in [3.63, 3.8) is 0 Å². The summed E-state index contributed by atoms with van der Waals surface area (Å²) >= 11 is 0. The lowest BCUT2D eigenvalue weighted by atomic mass is 9.51. The van der Waals surface area contributed by atoms with Gasteiger partial charge in [0, 0.05) is 0 Å². The Labute approximate surface area is 179 Å². The van der Waals surface area contributed by atoms with Gasteiger partial charge in [0.1, 0.15) is 0 Å². The van der Waals surface area contributed by atoms with Crippen LogP contribution in [0.4, 0.5) is 0 Å². The van der Waals surface area contributed by atoms with Crippen LogP contribution in [0.15, 0.2) is 35.5 Å². The molecule has 0 amide bonds. The number of aliphatic hydroxyl groups is 1. The van der Waals surface area contributed by atoms with Gasteiger partial charge in [0.25, 0.3) is 0 Å². The highest BCUT2D eigenvalue weighted by atomic mass is 16.3. The number of fused-ring (bicyclic) bond motifs is 5. The standard InChI is InChI=1S/C28H44O/c1-18(2)19(3)7-8-20(4)24-11-12-25-23-10-9-21-17-22(29)13-15-27(21,5)26(23)14-16-28(24,25)6/h7-8,10,14,18-22,24-25,29H,9,11-13,15-17H2,1-6H3/b8-7+/t19-,20-,21-,22-,24+,25-,27-,28+/m0/s1. The van der Waals surface area contributed by atoms with Gasteiger partial charge < -0.3 is 5.11 Å². The summed E-state index contributed by atoms with van der Waals surface area (Å²) in [4.78, 5) is 0. The molecule has 2 fully saturated rings. The van der Waals surface area contributed by atoms with Crippen LogP contribution < -0.4 is 0 Å². The predicted molar refractivity (Wildman–Crippen MR) is 123 cm³/mol. The second-order valence-electron chi connectivity index (χ2n) is 11.8. The van der Waals surface area contributed by atoms with Crippen LogP contribution in [0.25, 0.3) is 0 Å². The molecule has 0 bridgehead atoms. The third kappa shape index (κ3) is 3.50. The maximum absolute atomic E-state index is 10.2. The summed E-state index contributed by atoms with van der Waals surface area (Å²) in [6, 6.07) is 0. The topological polar surface area (TPSA) is 20.2 Å². The molecule has 0 aromatic heterocycles. The highest BCUT2D eigenvalue weighted by Crippen LogP contribution is 2.64. The highest BCUT2D eigenvalue weighted by molar-refractivity contribution is 5.46. The van der Waals surface area contributed by atoms with Crippen LogP contribution in [-0.2, 0) is 0 Å². The van der Waals surface area contributed by atoms with E-state index >= 15 is 0 Å². The Morgan fingerprint density at radius 2 is 1.79 bits per heavy atom. The first-order chi connectivity index (χ1) is 13.7. The van der Waals surface area contributed by atoms with Gasteiger partial charge in [-0.1, -0.05) is 65.8 Å². The van der Waals surface area contributed by atoms with Crippen molar-refractivity contribution in [2.75, 3.05) is 0 Å². The predicted octanol–water partition coefficient (Wildman–Crippen LogP) is 7.33. The first kappa shape index (κ1) is 21.4. The van der Waals surface area contributed by atoms with E-state index in [4.69, 9.17) is 0 Å². The van der Waals surface area contributed by atoms with Crippen LogP contribution in [0.3, 0.4) is 0 Å². The molecule has 0 radical (unpaired) electrons. The summed E-state index contributed by atoms with van der Waals surface area (Å²) in [5.41, 5.74) is 4.11. The van der Waals surface area contributed by atoms with E-state index in [1.807, 2.05) is 0 Å². The van der Waals surface area contributed by atoms with Crippen molar-refractivity contribution in [1.82, 2.24) is 0 Å². The van der Waals surface area contributed by atoms with Crippen molar-refractivity contribution in [2.45, 2.75) is 92.6 Å². The van der Waals surface area contributed by atoms with Crippen molar-refractivity contribution < 1.29 is 5.11 Å². The van der Waals surface area contributed by atoms with Crippen LogP contribution in [0.2, 0.25) is 0 Å². The number of allylic oxidation sites excluding steroid dienone is 6. The average molecular weight is 397 g/mol. The summed E-state index contributed by atoms with van der Waals surface area (Å²) in [5.74, 6) is 4.23. The van der Waals surface area contributed by atoms with Gasteiger partial charge in [-0.2, -0.15) is 0 Å². The van der Waals surface area contributed by atoms with Crippen molar-refractivity contribution in [2.24, 2.45) is 46.3 Å². The molecule has 1 N–H and O–H groups in total. The zero-order valence-electron chi connectivity index (χ0n) is 19.7. The Kier molecular flexibility index (Phi) is 5.69. The van der Waals surface area contributed by atoms with Gasteiger partial charge in [-0.25, -0.2) is 0 Å². The Morgan fingerprint density at radius 3 is 2.52 bits per heavy atom. The Bertz CT molecular complexity index is 712. The number of aliphatic hydroxyl groups excluding tert-OH is 1. The van der Waals surface area contributed by atoms with Crippen molar-refractivity contribution in [1.29, 1.82) is 0 Å². The molecule has 1 nitrogen and oxygen atoms in total. The molecule has 0 aromatic carbocycles. The fraction of sp³-hybridized carbons (Fsp3) is 0.786. The minimum absolute atomic E-state index is 0.0748. The van der Waals surface area contributed by atoms with Crippen molar-refractivity contribution in [3.8, 4) is 0 Å². The van der Waals surface area contributed by atoms with E-state index in [1.54, 1.807) is 11.1 Å². The lowest BCUT2D eigenvalue weighted by Crippen LogP contribution is -2.44. The summed E-state index contributed by atoms with van der Waals surface area (Å²) in [6.07, 6.45) is 18.5. The third-order valence-corrected chi connectivity index (χ3v) is 9.94. The molecule has 0 aliphatic heterocycles. The fourth-order valence-corrected chi connectivity index (χ4v) is 7.44. The van der Waals surface area contributed by atoms with E-state index in [0.29, 0.717) is 28.6 Å². The molecular formula is C28H44O. The van der Waals surface area contributed by atoms with Gasteiger partial charge in [-0.3, -0.25) is 0 Å². The van der Waals surface area contributed by atoms with E-state index in [0.717, 1.165) is 30.6 Å². The van der Waals surface area contributed by atoms with Crippen LogP contribution in [0, 0.1) is 46.3 Å². The normalized spacial score (nSPS) is 44.0. The third-order valence-electron chi connectivity index (χ3n) is 9.94. The number of hydrogen-bond donors (Lipinski definition) is 1. The monoisotopic (exact) mass is 396 g/mol. The number of hydrogen-bond acceptors (Lipinski definition) is 1. The minimum Gasteiger partial charge on any atom is -0.393 e. The van der Waals surface area contributed by atoms with Gasteiger partial charge in [0.2, 0.25) is 0 Å². The molecule has 0 unspecified atom stereocenters. The van der Waals surface area contributed by atoms with Gasteiger partial charge in [0.05, 0.1) is 6.10 Å². The zero-order valence-corrected chi connectivity index (χ0v) is 19.7. The van der Waals surface area contributed by atoms with E-state index < -0.39 is 0 Å². The quantitative estimate of drug-likeness (QED) is 0.493. The highest BCUT2D eigenvalue weighted by Gasteiger charge is 2.55. The molecule has 162 valence electrons. The molecule has 0 aromatic rings. The zero-order chi connectivity index (χ0) is 21.0. The molecule has 29 heavy (non-hydrogen) atoms. The Morgan fingerprint density at radius 1 is 1.03 bits per heavy atom. The van der Waals surface area contributed by atoms with E-state index in [2.05, 4.69) is 65.8 Å². The summed E-state index contributed by atoms with van der Waals surface area (Å²) in [5, 5.41) is 10.2. The summed E-state index contributed by atoms with van der Waals surface area (Å²) < 4.78 is 0. The Hall–Kier alpha value is -0.820. The van der Waals surface area contributed by atoms with Gasteiger partial charge >= 0.3 is 0 Å². The SMILES string of the molecule is CC(C)[C@@H](C)/C=C/[C@H](C)[C@H]1CC[C@H]2C3=CC[C@H]4C[C@@H](O)CC[C@]4(C)C3=CC[C@]12C. The largest absolute Gasteiger partial charge is 0.393 e. The molecule has 0 spiro atoms. The lowest BCUT2D eigenvalue weighted by Gasteiger charge is -2.53. The molecule has 1 heteroatoms. The van der Waals surface area contributed by atoms with Gasteiger partial charge in [-0.05, 0) is 102 Å². The molecule has 4 aliphatic rings. The smallest absolute Gasteiger partial charge is 0.0543 e. The molecule has 4 rings (SSSR count). The van der Waals surface area contributed by atoms with Crippen LogP contribution in [0.1, 0.15) is 86.5 Å². The van der Waals surface area contributed by atoms with Crippen LogP contribution in [-0.4, -0.2) is 11.2 Å². The van der Waals surface area contributed by atoms with E-state index in [9.17, 15) is 5.11 Å². The van der Waals surface area contributed by atoms with Crippen molar-refractivity contribution >= 4 is 0 Å². The summed E-state index contributed by atoms with van der Waals surface area (Å²) in [7, 11) is 0. The van der Waals surface area contributed by atoms with Crippen molar-refractivity contribution in [3.05, 3.63) is 35.5 Å². The first-order valence-electron chi connectivity index (χ1n) is 12.4. The molecule has 0 saturated heterocycles. The maximum Gasteiger partial charge on any atom is 0.0543 e. The average Bonchev–Trinajstić information content (AvgIpc) is 3.03. The molecule has 0 heterocycles. The molecular weight excluding hydrogens is 352 g/mol. The fourth-order valence-electron chi connectivity index (χ4n) is 7.44. The van der Waals surface area contributed by atoms with Crippen LogP contribution >= 0.6 is 0 Å². The molecule has 2 saturated carbocycles. The summed E-state index contributed by atoms with van der Waals surface area (Å²) in [6.45, 7) is 14.6. The Balaban J connectivity index is 1.58. The van der Waals surface area contributed by atoms with Crippen LogP contribution in [0.5, 0.6) is 0 Å². The van der Waals surface area contributed by atoms with Gasteiger partial charge in [-0.15, -0.1) is 0 Å². The first-order valence-corrected chi connectivity index (χ1v) is 12.4. The lowest BCUT2D eigenvalue weighted by molar-refractivity contribution is 0.0316. The van der Waals surface area contributed by atoms with E-state index in [-0.39, 0.29) is 6.10 Å². The molecule has 4 aliphatic carbocycles. The van der Waals surface area contributed by atoms with E-state index in [1.165, 1.54) is 32.1 Å². The number of rotatable bonds is 4. The maximum atomic E-state index is 10.2.